The second kappa shape index (κ2) is 10.5. The fraction of sp³-hybridized carbons (Fsp3) is 0.500. The first-order valence-corrected chi connectivity index (χ1v) is 13.4. The molecule has 11 nitrogen and oxygen atoms in total. The number of nitrogens with one attached hydrogen (secondary N) is 1. The van der Waals surface area contributed by atoms with Gasteiger partial charge in [-0.25, -0.2) is 4.68 Å². The van der Waals surface area contributed by atoms with Crippen molar-refractivity contribution >= 4 is 23.1 Å². The third kappa shape index (κ3) is 4.70. The topological polar surface area (TPSA) is 119 Å². The Hall–Kier alpha value is -3.70. The molecule has 2 bridgehead atoms. The zero-order valence-electron chi connectivity index (χ0n) is 24.0. The van der Waals surface area contributed by atoms with E-state index in [1.807, 2.05) is 57.6 Å². The van der Waals surface area contributed by atoms with Gasteiger partial charge in [0, 0.05) is 25.0 Å². The fourth-order valence-corrected chi connectivity index (χ4v) is 5.16. The average Bonchev–Trinajstić information content (AvgIpc) is 3.55. The van der Waals surface area contributed by atoms with Crippen LogP contribution in [-0.4, -0.2) is 77.2 Å². The Labute approximate surface area is 228 Å². The second-order valence-electron chi connectivity index (χ2n) is 10.4. The summed E-state index contributed by atoms with van der Waals surface area (Å²) in [5.41, 5.74) is 6.82. The highest BCUT2D eigenvalue weighted by molar-refractivity contribution is 5.93. The molecular formula is C28H38N8O3. The van der Waals surface area contributed by atoms with Crippen LogP contribution >= 0.6 is 0 Å². The maximum absolute atomic E-state index is 10.0. The van der Waals surface area contributed by atoms with Gasteiger partial charge in [0.2, 0.25) is 11.8 Å². The van der Waals surface area contributed by atoms with E-state index in [1.54, 1.807) is 4.68 Å². The van der Waals surface area contributed by atoms with Crippen molar-refractivity contribution in [3.8, 4) is 23.0 Å². The molecule has 0 radical (unpaired) electrons. The van der Waals surface area contributed by atoms with Gasteiger partial charge in [-0.2, -0.15) is 10.2 Å². The van der Waals surface area contributed by atoms with Crippen LogP contribution in [0.3, 0.4) is 0 Å². The number of aryl methyl sites for hydroxylation is 3. The Balaban J connectivity index is 1.77. The van der Waals surface area contributed by atoms with Crippen LogP contribution < -0.4 is 9.47 Å². The molecule has 0 aliphatic carbocycles. The summed E-state index contributed by atoms with van der Waals surface area (Å²) in [4.78, 5) is 7.13. The van der Waals surface area contributed by atoms with E-state index in [1.165, 1.54) is 0 Å². The molecule has 0 fully saturated rings. The highest BCUT2D eigenvalue weighted by Crippen LogP contribution is 2.36. The number of rotatable bonds is 4. The molecular weight excluding hydrogens is 496 g/mol. The van der Waals surface area contributed by atoms with Crippen LogP contribution in [0.1, 0.15) is 62.1 Å². The number of hydrogen-bond acceptors (Lipinski definition) is 8. The minimum Gasteiger partial charge on any atom is -0.476 e. The number of aromatic nitrogens is 7. The second-order valence-corrected chi connectivity index (χ2v) is 10.4. The number of ether oxygens (including phenoxy) is 2. The van der Waals surface area contributed by atoms with Gasteiger partial charge in [-0.05, 0) is 66.8 Å². The number of hydrogen-bond donors (Lipinski definition) is 2. The van der Waals surface area contributed by atoms with Crippen LogP contribution in [-0.2, 0) is 13.6 Å². The number of likely N-dealkylation sites (N-methyl/N-ethyl adjacent to an activating group) is 1. The monoisotopic (exact) mass is 534 g/mol. The summed E-state index contributed by atoms with van der Waals surface area (Å²) in [6.07, 6.45) is 3.86. The number of pyridine rings is 1. The highest BCUT2D eigenvalue weighted by atomic mass is 16.5. The van der Waals surface area contributed by atoms with Crippen molar-refractivity contribution in [2.24, 2.45) is 7.05 Å². The Morgan fingerprint density at radius 3 is 2.67 bits per heavy atom. The number of aliphatic hydroxyl groups excluding tert-OH is 1. The standard InChI is InChI=1S/C28H38N8O3/c1-9-38-27-20-10-11-22-21-12-23(29-17(4)26(21)31-30-22)25-16(3)32-35(8)28(25)39-19(6)18(5)34(7)13-24(20)36(33-27)15(2)14-37/h10-12,15,18-19,37H,9,13-14H2,1-8H3,(H,30,31)/b11-10+/t15-,18+,19-/m0/s1. The maximum atomic E-state index is 10.0. The Bertz CT molecular complexity index is 1530. The van der Waals surface area contributed by atoms with E-state index in [0.717, 1.165) is 50.5 Å². The van der Waals surface area contributed by atoms with Gasteiger partial charge < -0.3 is 14.6 Å². The van der Waals surface area contributed by atoms with Gasteiger partial charge in [0.05, 0.1) is 58.9 Å². The van der Waals surface area contributed by atoms with E-state index >= 15 is 0 Å². The van der Waals surface area contributed by atoms with E-state index in [4.69, 9.17) is 19.6 Å². The minimum absolute atomic E-state index is 0.0347. The molecule has 0 amide bonds. The largest absolute Gasteiger partial charge is 0.476 e. The average molecular weight is 535 g/mol. The predicted molar refractivity (Wildman–Crippen MR) is 151 cm³/mol. The van der Waals surface area contributed by atoms with Crippen molar-refractivity contribution < 1.29 is 14.6 Å². The molecule has 4 aromatic heterocycles. The molecule has 0 saturated carbocycles. The first-order chi connectivity index (χ1) is 18.6. The van der Waals surface area contributed by atoms with Gasteiger partial charge in [0.25, 0.3) is 0 Å². The van der Waals surface area contributed by atoms with E-state index < -0.39 is 0 Å². The summed E-state index contributed by atoms with van der Waals surface area (Å²) in [6, 6.07) is 1.86. The van der Waals surface area contributed by atoms with Crippen molar-refractivity contribution in [1.82, 2.24) is 39.6 Å². The molecule has 3 atom stereocenters. The third-order valence-corrected chi connectivity index (χ3v) is 7.64. The number of aliphatic hydroxyl groups is 1. The van der Waals surface area contributed by atoms with Crippen molar-refractivity contribution in [3.05, 3.63) is 34.4 Å². The molecule has 39 heavy (non-hydrogen) atoms. The normalized spacial score (nSPS) is 19.7. The van der Waals surface area contributed by atoms with Crippen LogP contribution in [0.25, 0.3) is 34.3 Å². The van der Waals surface area contributed by atoms with Gasteiger partial charge >= 0.3 is 0 Å². The number of fused-ring (bicyclic) bond motifs is 4. The number of nitrogens with zero attached hydrogens (tertiary/aromatic N) is 7. The van der Waals surface area contributed by atoms with Crippen LogP contribution in [0.15, 0.2) is 6.07 Å². The van der Waals surface area contributed by atoms with E-state index in [2.05, 4.69) is 41.1 Å². The lowest BCUT2D eigenvalue weighted by Crippen LogP contribution is -2.41. The molecule has 0 saturated heterocycles. The molecule has 4 aromatic rings. The summed E-state index contributed by atoms with van der Waals surface area (Å²) in [7, 11) is 3.97. The van der Waals surface area contributed by atoms with Crippen LogP contribution in [0, 0.1) is 13.8 Å². The predicted octanol–water partition coefficient (Wildman–Crippen LogP) is 3.90. The number of aromatic amines is 1. The van der Waals surface area contributed by atoms with E-state index in [9.17, 15) is 5.11 Å². The molecule has 0 spiro atoms. The fourth-order valence-electron chi connectivity index (χ4n) is 5.16. The van der Waals surface area contributed by atoms with Gasteiger partial charge in [0.15, 0.2) is 0 Å². The number of H-pyrrole nitrogens is 1. The van der Waals surface area contributed by atoms with Crippen molar-refractivity contribution in [1.29, 1.82) is 0 Å². The molecule has 1 aliphatic rings. The minimum atomic E-state index is -0.218. The molecule has 0 unspecified atom stereocenters. The van der Waals surface area contributed by atoms with Gasteiger partial charge in [-0.3, -0.25) is 19.7 Å². The van der Waals surface area contributed by atoms with Crippen molar-refractivity contribution in [2.75, 3.05) is 20.3 Å². The molecule has 1 aliphatic heterocycles. The van der Waals surface area contributed by atoms with Gasteiger partial charge in [0.1, 0.15) is 11.6 Å². The SMILES string of the molecule is CCOc1nn([C@@H](C)CO)c2c1/C=C/c1[nH]nc3c(C)nc(cc13)-c1c(C)nn(C)c1O[C@@H](C)[C@@H](C)N(C)C2. The highest BCUT2D eigenvalue weighted by Gasteiger charge is 2.28. The van der Waals surface area contributed by atoms with Crippen LogP contribution in [0.2, 0.25) is 0 Å². The summed E-state index contributed by atoms with van der Waals surface area (Å²) in [5, 5.41) is 28.2. The quantitative estimate of drug-likeness (QED) is 0.405. The third-order valence-electron chi connectivity index (χ3n) is 7.64. The molecule has 0 aromatic carbocycles. The molecule has 208 valence electrons. The lowest BCUT2D eigenvalue weighted by atomic mass is 10.1. The smallest absolute Gasteiger partial charge is 0.240 e. The first-order valence-electron chi connectivity index (χ1n) is 13.4. The maximum Gasteiger partial charge on any atom is 0.240 e. The lowest BCUT2D eigenvalue weighted by molar-refractivity contribution is 0.0914. The summed E-state index contributed by atoms with van der Waals surface area (Å²) < 4.78 is 16.2. The van der Waals surface area contributed by atoms with Crippen LogP contribution in [0.4, 0.5) is 0 Å². The zero-order chi connectivity index (χ0) is 28.0. The lowest BCUT2D eigenvalue weighted by Gasteiger charge is -2.31. The summed E-state index contributed by atoms with van der Waals surface area (Å²) in [6.45, 7) is 13.1. The molecule has 5 rings (SSSR count). The molecule has 11 heteroatoms. The molecule has 5 heterocycles. The molecule has 2 N–H and O–H groups in total. The summed E-state index contributed by atoms with van der Waals surface area (Å²) >= 11 is 0. The Kier molecular flexibility index (Phi) is 7.21. The van der Waals surface area contributed by atoms with Gasteiger partial charge in [-0.1, -0.05) is 0 Å². The first kappa shape index (κ1) is 26.9. The van der Waals surface area contributed by atoms with Crippen molar-refractivity contribution in [2.45, 2.75) is 66.3 Å². The summed E-state index contributed by atoms with van der Waals surface area (Å²) in [5.74, 6) is 1.22. The van der Waals surface area contributed by atoms with E-state index in [0.29, 0.717) is 24.9 Å². The van der Waals surface area contributed by atoms with Gasteiger partial charge in [-0.15, -0.1) is 5.10 Å². The van der Waals surface area contributed by atoms with Crippen LogP contribution in [0.5, 0.6) is 11.8 Å². The zero-order valence-corrected chi connectivity index (χ0v) is 24.0. The van der Waals surface area contributed by atoms with Crippen molar-refractivity contribution in [3.63, 3.8) is 0 Å². The Morgan fingerprint density at radius 2 is 1.95 bits per heavy atom. The van der Waals surface area contributed by atoms with E-state index in [-0.39, 0.29) is 24.8 Å². The Morgan fingerprint density at radius 1 is 1.18 bits per heavy atom.